The molecule has 0 amide bonds. The van der Waals surface area contributed by atoms with Gasteiger partial charge in [0.15, 0.2) is 6.10 Å². The van der Waals surface area contributed by atoms with Gasteiger partial charge in [-0.15, -0.1) is 0 Å². The molecule has 0 fully saturated rings. The summed E-state index contributed by atoms with van der Waals surface area (Å²) in [6.45, 7) is 1.80. The van der Waals surface area contributed by atoms with E-state index in [1.807, 2.05) is 0 Å². The maximum Gasteiger partial charge on any atom is 0.332 e. The van der Waals surface area contributed by atoms with Crippen LogP contribution in [-0.2, 0) is 11.2 Å². The molecule has 1 atom stereocenters. The molecule has 1 unspecified atom stereocenters. The Morgan fingerprint density at radius 2 is 2.42 bits per heavy atom. The normalized spacial score (nSPS) is 12.8. The number of hydrogen-bond acceptors (Lipinski definition) is 3. The van der Waals surface area contributed by atoms with Gasteiger partial charge in [-0.2, -0.15) is 0 Å². The van der Waals surface area contributed by atoms with Gasteiger partial charge < -0.3 is 14.6 Å². The highest BCUT2D eigenvalue weighted by Gasteiger charge is 2.16. The average molecular weight is 170 g/mol. The lowest BCUT2D eigenvalue weighted by Gasteiger charge is -2.02. The number of aliphatic hydroxyl groups is 1. The maximum atomic E-state index is 10.2. The minimum Gasteiger partial charge on any atom is -0.479 e. The first-order chi connectivity index (χ1) is 5.61. The Morgan fingerprint density at radius 1 is 1.75 bits per heavy atom. The molecule has 0 saturated carbocycles. The first-order valence-corrected chi connectivity index (χ1v) is 3.55. The van der Waals surface area contributed by atoms with Crippen molar-refractivity contribution in [2.24, 2.45) is 0 Å². The number of carbonyl (C=O) groups is 1. The molecule has 1 aromatic heterocycles. The summed E-state index contributed by atoms with van der Waals surface area (Å²) in [5.41, 5.74) is 0.857. The molecule has 1 heterocycles. The summed E-state index contributed by atoms with van der Waals surface area (Å²) in [4.78, 5) is 10.2. The SMILES string of the molecule is Cc1ccoc1CC(O)C(=O)O. The zero-order valence-corrected chi connectivity index (χ0v) is 6.65. The molecule has 0 aliphatic heterocycles. The van der Waals surface area contributed by atoms with Gasteiger partial charge in [0.25, 0.3) is 0 Å². The van der Waals surface area contributed by atoms with E-state index < -0.39 is 12.1 Å². The van der Waals surface area contributed by atoms with Gasteiger partial charge in [-0.3, -0.25) is 0 Å². The Bertz CT molecular complexity index is 276. The zero-order valence-electron chi connectivity index (χ0n) is 6.65. The molecule has 0 saturated heterocycles. The number of rotatable bonds is 3. The topological polar surface area (TPSA) is 70.7 Å². The van der Waals surface area contributed by atoms with Crippen LogP contribution in [-0.4, -0.2) is 22.3 Å². The average Bonchev–Trinajstić information content (AvgIpc) is 2.36. The first-order valence-electron chi connectivity index (χ1n) is 3.55. The minimum absolute atomic E-state index is 0.0220. The molecule has 0 aliphatic rings. The second-order valence-electron chi connectivity index (χ2n) is 2.58. The molecule has 0 radical (unpaired) electrons. The summed E-state index contributed by atoms with van der Waals surface area (Å²) in [7, 11) is 0. The van der Waals surface area contributed by atoms with Crippen LogP contribution in [0.5, 0.6) is 0 Å². The third kappa shape index (κ3) is 1.85. The minimum atomic E-state index is -1.38. The van der Waals surface area contributed by atoms with Gasteiger partial charge in [-0.25, -0.2) is 4.79 Å². The predicted molar refractivity (Wildman–Crippen MR) is 40.8 cm³/mol. The third-order valence-electron chi connectivity index (χ3n) is 1.63. The van der Waals surface area contributed by atoms with Gasteiger partial charge in [-0.05, 0) is 18.6 Å². The summed E-state index contributed by atoms with van der Waals surface area (Å²) in [6, 6.07) is 1.73. The Labute approximate surface area is 69.4 Å². The third-order valence-corrected chi connectivity index (χ3v) is 1.63. The van der Waals surface area contributed by atoms with Crippen molar-refractivity contribution in [2.45, 2.75) is 19.4 Å². The van der Waals surface area contributed by atoms with Gasteiger partial charge in [0, 0.05) is 6.42 Å². The fraction of sp³-hybridized carbons (Fsp3) is 0.375. The molecule has 1 rings (SSSR count). The molecule has 0 aromatic carbocycles. The number of aliphatic hydroxyl groups excluding tert-OH is 1. The van der Waals surface area contributed by atoms with E-state index in [9.17, 15) is 4.79 Å². The Morgan fingerprint density at radius 3 is 2.83 bits per heavy atom. The lowest BCUT2D eigenvalue weighted by atomic mass is 10.1. The molecule has 66 valence electrons. The smallest absolute Gasteiger partial charge is 0.332 e. The van der Waals surface area contributed by atoms with Crippen molar-refractivity contribution in [1.82, 2.24) is 0 Å². The van der Waals surface area contributed by atoms with E-state index in [4.69, 9.17) is 14.6 Å². The van der Waals surface area contributed by atoms with Crippen LogP contribution in [0.25, 0.3) is 0 Å². The van der Waals surface area contributed by atoms with Crippen molar-refractivity contribution >= 4 is 5.97 Å². The molecule has 0 spiro atoms. The van der Waals surface area contributed by atoms with Gasteiger partial charge in [0.2, 0.25) is 0 Å². The number of carboxylic acid groups (broad SMARTS) is 1. The Hall–Kier alpha value is -1.29. The number of carboxylic acids is 1. The summed E-state index contributed by atoms with van der Waals surface area (Å²) < 4.78 is 4.96. The summed E-state index contributed by atoms with van der Waals surface area (Å²) in [5, 5.41) is 17.3. The van der Waals surface area contributed by atoms with E-state index >= 15 is 0 Å². The molecule has 4 nitrogen and oxygen atoms in total. The van der Waals surface area contributed by atoms with Crippen molar-refractivity contribution in [3.8, 4) is 0 Å². The van der Waals surface area contributed by atoms with E-state index in [2.05, 4.69) is 0 Å². The second-order valence-corrected chi connectivity index (χ2v) is 2.58. The predicted octanol–water partition coefficient (Wildman–Crippen LogP) is 0.576. The molecule has 2 N–H and O–H groups in total. The van der Waals surface area contributed by atoms with Crippen LogP contribution in [0.3, 0.4) is 0 Å². The van der Waals surface area contributed by atoms with Crippen LogP contribution >= 0.6 is 0 Å². The van der Waals surface area contributed by atoms with E-state index in [0.29, 0.717) is 5.76 Å². The largest absolute Gasteiger partial charge is 0.479 e. The van der Waals surface area contributed by atoms with Crippen molar-refractivity contribution in [1.29, 1.82) is 0 Å². The number of aryl methyl sites for hydroxylation is 1. The highest BCUT2D eigenvalue weighted by Crippen LogP contribution is 2.11. The van der Waals surface area contributed by atoms with Crippen LogP contribution in [0, 0.1) is 6.92 Å². The summed E-state index contributed by atoms with van der Waals surface area (Å²) >= 11 is 0. The zero-order chi connectivity index (χ0) is 9.14. The van der Waals surface area contributed by atoms with Gasteiger partial charge in [0.1, 0.15) is 5.76 Å². The van der Waals surface area contributed by atoms with Crippen LogP contribution in [0.1, 0.15) is 11.3 Å². The number of furan rings is 1. The van der Waals surface area contributed by atoms with Crippen molar-refractivity contribution in [2.75, 3.05) is 0 Å². The van der Waals surface area contributed by atoms with Crippen LogP contribution in [0.4, 0.5) is 0 Å². The molecule has 12 heavy (non-hydrogen) atoms. The standard InChI is InChI=1S/C8H10O4/c1-5-2-3-12-7(5)4-6(9)8(10)11/h2-3,6,9H,4H2,1H3,(H,10,11). The lowest BCUT2D eigenvalue weighted by Crippen LogP contribution is -2.21. The summed E-state index contributed by atoms with van der Waals surface area (Å²) in [5.74, 6) is -0.712. The molecular formula is C8H10O4. The maximum absolute atomic E-state index is 10.2. The monoisotopic (exact) mass is 170 g/mol. The highest BCUT2D eigenvalue weighted by atomic mass is 16.4. The molecule has 1 aromatic rings. The fourth-order valence-corrected chi connectivity index (χ4v) is 0.876. The Balaban J connectivity index is 2.64. The van der Waals surface area contributed by atoms with Crippen molar-refractivity contribution < 1.29 is 19.4 Å². The van der Waals surface area contributed by atoms with Crippen LogP contribution < -0.4 is 0 Å². The van der Waals surface area contributed by atoms with Crippen LogP contribution in [0.15, 0.2) is 16.7 Å². The van der Waals surface area contributed by atoms with E-state index in [0.717, 1.165) is 5.56 Å². The van der Waals surface area contributed by atoms with E-state index in [1.165, 1.54) is 6.26 Å². The van der Waals surface area contributed by atoms with Crippen LogP contribution in [0.2, 0.25) is 0 Å². The fourth-order valence-electron chi connectivity index (χ4n) is 0.876. The first kappa shape index (κ1) is 8.80. The van der Waals surface area contributed by atoms with E-state index in [1.54, 1.807) is 13.0 Å². The highest BCUT2D eigenvalue weighted by molar-refractivity contribution is 5.72. The van der Waals surface area contributed by atoms with Gasteiger partial charge >= 0.3 is 5.97 Å². The number of aliphatic carboxylic acids is 1. The van der Waals surface area contributed by atoms with Gasteiger partial charge in [-0.1, -0.05) is 0 Å². The Kier molecular flexibility index (Phi) is 2.50. The van der Waals surface area contributed by atoms with Crippen molar-refractivity contribution in [3.63, 3.8) is 0 Å². The molecule has 4 heteroatoms. The van der Waals surface area contributed by atoms with E-state index in [-0.39, 0.29) is 6.42 Å². The van der Waals surface area contributed by atoms with Crippen molar-refractivity contribution in [3.05, 3.63) is 23.7 Å². The summed E-state index contributed by atoms with van der Waals surface area (Å²) in [6.07, 6.45) is 0.114. The van der Waals surface area contributed by atoms with Gasteiger partial charge in [0.05, 0.1) is 6.26 Å². The number of hydrogen-bond donors (Lipinski definition) is 2. The molecule has 0 aliphatic carbocycles. The quantitative estimate of drug-likeness (QED) is 0.695. The molecular weight excluding hydrogens is 160 g/mol. The molecule has 0 bridgehead atoms. The lowest BCUT2D eigenvalue weighted by molar-refractivity contribution is -0.146. The second kappa shape index (κ2) is 3.40.